The maximum atomic E-state index is 13.8. The van der Waals surface area contributed by atoms with Gasteiger partial charge in [-0.25, -0.2) is 9.48 Å². The van der Waals surface area contributed by atoms with Crippen LogP contribution in [0.5, 0.6) is 11.5 Å². The van der Waals surface area contributed by atoms with Gasteiger partial charge in [0.25, 0.3) is 5.91 Å². The van der Waals surface area contributed by atoms with Gasteiger partial charge in [0.15, 0.2) is 0 Å². The zero-order chi connectivity index (χ0) is 36.5. The van der Waals surface area contributed by atoms with Crippen molar-refractivity contribution in [3.05, 3.63) is 89.7 Å². The van der Waals surface area contributed by atoms with E-state index in [-0.39, 0.29) is 16.9 Å². The number of para-hydroxylation sites is 2. The summed E-state index contributed by atoms with van der Waals surface area (Å²) in [5, 5.41) is 28.2. The van der Waals surface area contributed by atoms with Gasteiger partial charge >= 0.3 is 0 Å². The molecule has 0 fully saturated rings. The van der Waals surface area contributed by atoms with Crippen molar-refractivity contribution in [3.8, 4) is 11.5 Å². The largest absolute Gasteiger partial charge is 0.506 e. The number of anilines is 1. The number of nitrogens with zero attached hydrogens (tertiary/aromatic N) is 4. The topological polar surface area (TPSA) is 128 Å². The smallest absolute Gasteiger partial charge is 0.259 e. The number of hydrogen-bond donors (Lipinski definition) is 2. The molecule has 1 atom stereocenters. The molecule has 274 valence electrons. The molecule has 1 aliphatic rings. The van der Waals surface area contributed by atoms with Gasteiger partial charge in [0, 0.05) is 10.3 Å². The van der Waals surface area contributed by atoms with Crippen LogP contribution in [0, 0.1) is 0 Å². The van der Waals surface area contributed by atoms with Crippen molar-refractivity contribution in [1.82, 2.24) is 20.2 Å². The second kappa shape index (κ2) is 20.2. The third-order valence-corrected chi connectivity index (χ3v) is 10.1. The summed E-state index contributed by atoms with van der Waals surface area (Å²) in [5.74, 6) is 2.35. The molecule has 0 aliphatic heterocycles. The van der Waals surface area contributed by atoms with Gasteiger partial charge in [0.05, 0.1) is 24.5 Å². The van der Waals surface area contributed by atoms with Gasteiger partial charge in [0.1, 0.15) is 34.8 Å². The molecule has 1 unspecified atom stereocenters. The highest BCUT2D eigenvalue weighted by molar-refractivity contribution is 7.99. The fourth-order valence-corrected chi connectivity index (χ4v) is 7.28. The van der Waals surface area contributed by atoms with Crippen molar-refractivity contribution in [2.45, 2.75) is 107 Å². The number of carbonyl (C=O) groups excluding carboxylic acids is 2. The van der Waals surface area contributed by atoms with E-state index in [0.717, 1.165) is 12.8 Å². The summed E-state index contributed by atoms with van der Waals surface area (Å²) in [4.78, 5) is 26.5. The van der Waals surface area contributed by atoms with Crippen LogP contribution in [0.15, 0.2) is 94.2 Å². The molecule has 1 heterocycles. The van der Waals surface area contributed by atoms with Gasteiger partial charge in [-0.1, -0.05) is 126 Å². The van der Waals surface area contributed by atoms with Crippen LogP contribution in [-0.2, 0) is 9.53 Å². The van der Waals surface area contributed by atoms with Gasteiger partial charge < -0.3 is 19.9 Å². The Bertz CT molecular complexity index is 1900. The first-order valence-electron chi connectivity index (χ1n) is 18.6. The van der Waals surface area contributed by atoms with Crippen LogP contribution in [0.25, 0.3) is 10.8 Å². The number of aromatic hydroxyl groups is 1. The maximum Gasteiger partial charge on any atom is 0.259 e. The van der Waals surface area contributed by atoms with E-state index in [1.54, 1.807) is 42.5 Å². The van der Waals surface area contributed by atoms with Crippen molar-refractivity contribution in [2.75, 3.05) is 18.5 Å². The number of aromatic nitrogens is 4. The number of fused-ring (bicyclic) bond motifs is 1. The third-order valence-electron chi connectivity index (χ3n) is 9.05. The van der Waals surface area contributed by atoms with Gasteiger partial charge in [-0.05, 0) is 65.2 Å². The molecule has 1 amide bonds. The van der Waals surface area contributed by atoms with Crippen molar-refractivity contribution >= 4 is 40.1 Å². The van der Waals surface area contributed by atoms with E-state index in [2.05, 4.69) is 27.8 Å². The Labute approximate surface area is 310 Å². The van der Waals surface area contributed by atoms with E-state index >= 15 is 0 Å². The van der Waals surface area contributed by atoms with Gasteiger partial charge in [-0.15, -0.1) is 5.10 Å². The molecule has 52 heavy (non-hydrogen) atoms. The number of hydrogen-bond acceptors (Lipinski definition) is 9. The third kappa shape index (κ3) is 10.1. The monoisotopic (exact) mass is 723 g/mol. The predicted octanol–water partition coefficient (Wildman–Crippen LogP) is 9.80. The van der Waals surface area contributed by atoms with Crippen molar-refractivity contribution in [2.24, 2.45) is 0 Å². The molecule has 11 heteroatoms. The minimum absolute atomic E-state index is 0.0867. The molecule has 2 N–H and O–H groups in total. The molecule has 0 saturated heterocycles. The molecular formula is C41H49N5O5S. The lowest BCUT2D eigenvalue weighted by atomic mass is 10.0. The van der Waals surface area contributed by atoms with Crippen LogP contribution < -0.4 is 10.1 Å². The van der Waals surface area contributed by atoms with Crippen molar-refractivity contribution in [1.29, 1.82) is 0 Å². The summed E-state index contributed by atoms with van der Waals surface area (Å²) in [5.41, 5.74) is 0.880. The minimum atomic E-state index is -0.640. The molecule has 0 spiro atoms. The summed E-state index contributed by atoms with van der Waals surface area (Å²) in [6.45, 7) is 5.03. The first kappa shape index (κ1) is 38.4. The highest BCUT2D eigenvalue weighted by Gasteiger charge is 2.27. The summed E-state index contributed by atoms with van der Waals surface area (Å²) in [6.07, 6.45) is 20.5. The molecule has 1 aromatic heterocycles. The van der Waals surface area contributed by atoms with E-state index in [9.17, 15) is 14.7 Å². The van der Waals surface area contributed by atoms with Gasteiger partial charge in [0.2, 0.25) is 5.16 Å². The number of carbonyl (C=O) groups is 1. The number of nitrogens with one attached hydrogen (secondary N) is 1. The van der Waals surface area contributed by atoms with E-state index in [4.69, 9.17) is 9.47 Å². The molecule has 1 aliphatic carbocycles. The molecule has 4 aromatic rings. The normalized spacial score (nSPS) is 13.9. The second-order valence-corrected chi connectivity index (χ2v) is 13.8. The van der Waals surface area contributed by atoms with E-state index < -0.39 is 11.9 Å². The van der Waals surface area contributed by atoms with Gasteiger partial charge in [-0.3, -0.25) is 4.79 Å². The number of tetrazole rings is 1. The minimum Gasteiger partial charge on any atom is -0.506 e. The van der Waals surface area contributed by atoms with Crippen LogP contribution in [0.3, 0.4) is 0 Å². The quantitative estimate of drug-likeness (QED) is 0.0638. The lowest BCUT2D eigenvalue weighted by Crippen LogP contribution is -2.17. The Morgan fingerprint density at radius 2 is 1.58 bits per heavy atom. The average molecular weight is 724 g/mol. The van der Waals surface area contributed by atoms with Crippen LogP contribution in [0.4, 0.5) is 5.69 Å². The number of allylic oxidation sites excluding steroid dienone is 4. The predicted molar refractivity (Wildman–Crippen MR) is 206 cm³/mol. The standard InChI is InChI=1S/C41H49N5O5S/c1-3-5-6-7-8-9-10-11-12-13-14-19-27-51-37-25-18-17-23-34(37)42-40(49)32-28-38(30-21-15-16-22-31(30)39(32)48)52-41-43-44-45-46(41)35-24-20-26-36(50-4-2)33(35)29-47/h15-18,20-26,28,35,48H,3-14,19,27H2,1-2H3,(H,42,49). The lowest BCUT2D eigenvalue weighted by Gasteiger charge is -2.20. The maximum absolute atomic E-state index is 13.8. The number of phenolic OH excluding ortho intramolecular Hbond substituents is 1. The number of amides is 1. The van der Waals surface area contributed by atoms with E-state index in [1.807, 2.05) is 43.2 Å². The highest BCUT2D eigenvalue weighted by atomic mass is 32.2. The summed E-state index contributed by atoms with van der Waals surface area (Å²) >= 11 is 1.22. The number of benzene rings is 3. The Morgan fingerprint density at radius 1 is 0.904 bits per heavy atom. The fraction of sp³-hybridized carbons (Fsp3) is 0.415. The molecule has 3 aromatic carbocycles. The molecular weight excluding hydrogens is 675 g/mol. The van der Waals surface area contributed by atoms with Crippen LogP contribution >= 0.6 is 11.8 Å². The van der Waals surface area contributed by atoms with Crippen molar-refractivity contribution < 1.29 is 24.2 Å². The fourth-order valence-electron chi connectivity index (χ4n) is 6.30. The molecule has 0 bridgehead atoms. The van der Waals surface area contributed by atoms with E-state index in [1.165, 1.54) is 80.7 Å². The van der Waals surface area contributed by atoms with Crippen LogP contribution in [-0.4, -0.2) is 50.4 Å². The van der Waals surface area contributed by atoms with Crippen LogP contribution in [0.2, 0.25) is 0 Å². The Kier molecular flexibility index (Phi) is 14.9. The molecule has 10 nitrogen and oxygen atoms in total. The lowest BCUT2D eigenvalue weighted by molar-refractivity contribution is 0.102. The average Bonchev–Trinajstić information content (AvgIpc) is 3.63. The first-order chi connectivity index (χ1) is 25.5. The second-order valence-electron chi connectivity index (χ2n) is 12.8. The number of phenols is 1. The summed E-state index contributed by atoms with van der Waals surface area (Å²) in [6, 6.07) is 15.6. The number of ether oxygens (including phenoxy) is 2. The first-order valence-corrected chi connectivity index (χ1v) is 19.4. The Morgan fingerprint density at radius 3 is 2.29 bits per heavy atom. The zero-order valence-electron chi connectivity index (χ0n) is 30.2. The molecule has 0 saturated carbocycles. The van der Waals surface area contributed by atoms with Crippen molar-refractivity contribution in [3.63, 3.8) is 0 Å². The van der Waals surface area contributed by atoms with Gasteiger partial charge in [-0.2, -0.15) is 0 Å². The molecule has 0 radical (unpaired) electrons. The van der Waals surface area contributed by atoms with Crippen LogP contribution in [0.1, 0.15) is 107 Å². The molecule has 5 rings (SSSR count). The highest BCUT2D eigenvalue weighted by Crippen LogP contribution is 2.41. The summed E-state index contributed by atoms with van der Waals surface area (Å²) in [7, 11) is 0. The number of unbranched alkanes of at least 4 members (excludes halogenated alkanes) is 11. The number of rotatable bonds is 21. The van der Waals surface area contributed by atoms with E-state index in [0.29, 0.717) is 51.2 Å². The zero-order valence-corrected chi connectivity index (χ0v) is 31.0. The summed E-state index contributed by atoms with van der Waals surface area (Å²) < 4.78 is 13.3. The Hall–Kier alpha value is -4.86. The Balaban J connectivity index is 1.23. The SMILES string of the molecule is CCCCCCCCCCCCCCOc1ccccc1NC(=O)c1cc(Sc2nnnn2C2C=CC=C(OCC)C2=C=O)c2ccccc2c1O.